The smallest absolute Gasteiger partial charge is 0.312 e. The van der Waals surface area contributed by atoms with Crippen LogP contribution in [0.4, 0.5) is 0 Å². The maximum absolute atomic E-state index is 5.80. The number of ether oxygens (including phenoxy) is 3. The van der Waals surface area contributed by atoms with Gasteiger partial charge in [-0.25, -0.2) is 0 Å². The Balaban J connectivity index is 1.96. The molecule has 0 atom stereocenters. The summed E-state index contributed by atoms with van der Waals surface area (Å²) in [7, 11) is 0. The van der Waals surface area contributed by atoms with Crippen molar-refractivity contribution in [1.29, 1.82) is 0 Å². The first kappa shape index (κ1) is 11.2. The van der Waals surface area contributed by atoms with Crippen molar-refractivity contribution in [2.24, 2.45) is 5.41 Å². The van der Waals surface area contributed by atoms with Gasteiger partial charge < -0.3 is 14.2 Å². The molecule has 1 aromatic rings. The van der Waals surface area contributed by atoms with Crippen LogP contribution in [-0.2, 0) is 20.2 Å². The van der Waals surface area contributed by atoms with Crippen molar-refractivity contribution in [3.05, 3.63) is 34.9 Å². The normalized spacial score (nSPS) is 36.2. The third-order valence-corrected chi connectivity index (χ3v) is 3.69. The van der Waals surface area contributed by atoms with Gasteiger partial charge in [-0.2, -0.15) is 0 Å². The van der Waals surface area contributed by atoms with Crippen molar-refractivity contribution in [1.82, 2.24) is 0 Å². The van der Waals surface area contributed by atoms with E-state index < -0.39 is 5.97 Å². The predicted molar refractivity (Wildman–Crippen MR) is 63.6 cm³/mol. The second kappa shape index (κ2) is 3.55. The minimum Gasteiger partial charge on any atom is -0.323 e. The van der Waals surface area contributed by atoms with Crippen molar-refractivity contribution >= 4 is 0 Å². The highest BCUT2D eigenvalue weighted by Crippen LogP contribution is 2.44. The fourth-order valence-corrected chi connectivity index (χ4v) is 2.24. The average molecular weight is 234 g/mol. The molecule has 3 nitrogen and oxygen atoms in total. The predicted octanol–water partition coefficient (Wildman–Crippen LogP) is 2.50. The van der Waals surface area contributed by atoms with Crippen LogP contribution in [0.5, 0.6) is 0 Å². The Kier molecular flexibility index (Phi) is 2.34. The van der Waals surface area contributed by atoms with E-state index in [9.17, 15) is 0 Å². The zero-order valence-electron chi connectivity index (χ0n) is 10.6. The van der Waals surface area contributed by atoms with Crippen LogP contribution < -0.4 is 0 Å². The number of aryl methyl sites for hydroxylation is 2. The van der Waals surface area contributed by atoms with Crippen LogP contribution in [0.25, 0.3) is 0 Å². The van der Waals surface area contributed by atoms with Crippen molar-refractivity contribution in [2.75, 3.05) is 19.8 Å². The SMILES string of the molecule is Cc1ccc(C23OCC(C)(CO2)CO3)cc1C. The second-order valence-electron chi connectivity index (χ2n) is 5.53. The summed E-state index contributed by atoms with van der Waals surface area (Å²) in [5, 5.41) is 0. The molecule has 3 saturated heterocycles. The van der Waals surface area contributed by atoms with E-state index in [1.807, 2.05) is 6.07 Å². The molecule has 0 aromatic heterocycles. The third-order valence-electron chi connectivity index (χ3n) is 3.69. The monoisotopic (exact) mass is 234 g/mol. The maximum Gasteiger partial charge on any atom is 0.312 e. The first-order chi connectivity index (χ1) is 8.03. The van der Waals surface area contributed by atoms with Crippen LogP contribution in [0.3, 0.4) is 0 Å². The highest BCUT2D eigenvalue weighted by Gasteiger charge is 2.51. The Bertz CT molecular complexity index is 428. The van der Waals surface area contributed by atoms with E-state index in [4.69, 9.17) is 14.2 Å². The van der Waals surface area contributed by atoms with Crippen LogP contribution in [0.2, 0.25) is 0 Å². The molecule has 3 aliphatic heterocycles. The topological polar surface area (TPSA) is 27.7 Å². The Morgan fingerprint density at radius 3 is 2.06 bits per heavy atom. The molecule has 3 heteroatoms. The van der Waals surface area contributed by atoms with E-state index in [1.54, 1.807) is 0 Å². The third kappa shape index (κ3) is 1.69. The standard InChI is InChI=1S/C14H18O3/c1-10-4-5-12(6-11(10)2)14-15-7-13(3,8-16-14)9-17-14/h4-6H,7-9H2,1-3H3. The van der Waals surface area contributed by atoms with E-state index in [-0.39, 0.29) is 5.41 Å². The van der Waals surface area contributed by atoms with E-state index in [0.29, 0.717) is 19.8 Å². The van der Waals surface area contributed by atoms with Gasteiger partial charge in [0.1, 0.15) is 0 Å². The number of hydrogen-bond acceptors (Lipinski definition) is 3. The van der Waals surface area contributed by atoms with Crippen LogP contribution in [0.15, 0.2) is 18.2 Å². The zero-order valence-corrected chi connectivity index (χ0v) is 10.6. The van der Waals surface area contributed by atoms with Crippen molar-refractivity contribution in [2.45, 2.75) is 26.7 Å². The van der Waals surface area contributed by atoms with Gasteiger partial charge in [0.15, 0.2) is 0 Å². The number of rotatable bonds is 1. The van der Waals surface area contributed by atoms with E-state index in [1.165, 1.54) is 11.1 Å². The highest BCUT2D eigenvalue weighted by atomic mass is 16.9. The molecule has 0 aliphatic carbocycles. The number of hydrogen-bond donors (Lipinski definition) is 0. The summed E-state index contributed by atoms with van der Waals surface area (Å²) in [6.07, 6.45) is 0. The van der Waals surface area contributed by atoms with E-state index in [2.05, 4.69) is 32.9 Å². The maximum atomic E-state index is 5.80. The van der Waals surface area contributed by atoms with Crippen LogP contribution in [0, 0.1) is 19.3 Å². The lowest BCUT2D eigenvalue weighted by atomic mass is 9.91. The van der Waals surface area contributed by atoms with Gasteiger partial charge in [-0.1, -0.05) is 19.1 Å². The molecule has 2 bridgehead atoms. The first-order valence-electron chi connectivity index (χ1n) is 6.03. The Labute approximate surface area is 102 Å². The Morgan fingerprint density at radius 1 is 0.941 bits per heavy atom. The summed E-state index contributed by atoms with van der Waals surface area (Å²) in [6.45, 7) is 8.39. The molecular formula is C14H18O3. The summed E-state index contributed by atoms with van der Waals surface area (Å²) in [5.74, 6) is -0.962. The lowest BCUT2D eigenvalue weighted by Crippen LogP contribution is -2.57. The average Bonchev–Trinajstić information content (AvgIpc) is 2.34. The van der Waals surface area contributed by atoms with Crippen LogP contribution >= 0.6 is 0 Å². The van der Waals surface area contributed by atoms with Gasteiger partial charge in [0.2, 0.25) is 0 Å². The molecule has 0 N–H and O–H groups in total. The molecule has 0 unspecified atom stereocenters. The molecule has 0 saturated carbocycles. The molecule has 3 heterocycles. The van der Waals surface area contributed by atoms with Crippen LogP contribution in [0.1, 0.15) is 23.6 Å². The molecule has 17 heavy (non-hydrogen) atoms. The highest BCUT2D eigenvalue weighted by molar-refractivity contribution is 5.32. The Morgan fingerprint density at radius 2 is 1.53 bits per heavy atom. The molecule has 3 aliphatic rings. The zero-order chi connectivity index (χ0) is 12.1. The molecular weight excluding hydrogens is 216 g/mol. The Hall–Kier alpha value is -0.900. The van der Waals surface area contributed by atoms with Gasteiger partial charge in [-0.3, -0.25) is 0 Å². The fourth-order valence-electron chi connectivity index (χ4n) is 2.24. The van der Waals surface area contributed by atoms with Gasteiger partial charge >= 0.3 is 5.97 Å². The minimum absolute atomic E-state index is 0.0154. The molecule has 1 aromatic carbocycles. The van der Waals surface area contributed by atoms with Gasteiger partial charge in [0.25, 0.3) is 0 Å². The second-order valence-corrected chi connectivity index (χ2v) is 5.53. The summed E-state index contributed by atoms with van der Waals surface area (Å²) in [6, 6.07) is 6.19. The summed E-state index contributed by atoms with van der Waals surface area (Å²) in [4.78, 5) is 0. The van der Waals surface area contributed by atoms with Gasteiger partial charge in [0.05, 0.1) is 19.8 Å². The number of benzene rings is 1. The van der Waals surface area contributed by atoms with Gasteiger partial charge in [-0.05, 0) is 31.0 Å². The molecule has 3 fully saturated rings. The minimum atomic E-state index is -0.962. The summed E-state index contributed by atoms with van der Waals surface area (Å²) < 4.78 is 17.4. The largest absolute Gasteiger partial charge is 0.323 e. The molecule has 92 valence electrons. The first-order valence-corrected chi connectivity index (χ1v) is 6.03. The van der Waals surface area contributed by atoms with Gasteiger partial charge in [0, 0.05) is 11.0 Å². The summed E-state index contributed by atoms with van der Waals surface area (Å²) in [5.41, 5.74) is 3.47. The van der Waals surface area contributed by atoms with E-state index >= 15 is 0 Å². The van der Waals surface area contributed by atoms with E-state index in [0.717, 1.165) is 5.56 Å². The number of fused-ring (bicyclic) bond motifs is 3. The molecule has 0 spiro atoms. The molecule has 0 radical (unpaired) electrons. The van der Waals surface area contributed by atoms with Gasteiger partial charge in [-0.15, -0.1) is 0 Å². The van der Waals surface area contributed by atoms with Crippen LogP contribution in [-0.4, -0.2) is 19.8 Å². The molecule has 4 rings (SSSR count). The lowest BCUT2D eigenvalue weighted by molar-refractivity contribution is -0.477. The summed E-state index contributed by atoms with van der Waals surface area (Å²) >= 11 is 0. The molecule has 0 amide bonds. The quantitative estimate of drug-likeness (QED) is 0.747. The fraction of sp³-hybridized carbons (Fsp3) is 0.571. The van der Waals surface area contributed by atoms with Crippen molar-refractivity contribution in [3.8, 4) is 0 Å². The van der Waals surface area contributed by atoms with Crippen molar-refractivity contribution < 1.29 is 14.2 Å². The van der Waals surface area contributed by atoms with Crippen molar-refractivity contribution in [3.63, 3.8) is 0 Å². The lowest BCUT2D eigenvalue weighted by Gasteiger charge is -2.50.